The van der Waals surface area contributed by atoms with E-state index < -0.39 is 0 Å². The number of amides is 1. The number of carbonyl (C=O) groups excluding carboxylic acids is 1. The van der Waals surface area contributed by atoms with Crippen molar-refractivity contribution in [1.29, 1.82) is 0 Å². The van der Waals surface area contributed by atoms with Crippen molar-refractivity contribution in [2.45, 2.75) is 25.4 Å². The molecule has 1 fully saturated rings. The third-order valence-corrected chi connectivity index (χ3v) is 5.36. The van der Waals surface area contributed by atoms with E-state index in [9.17, 15) is 9.18 Å². The second kappa shape index (κ2) is 7.40. The molecular weight excluding hydrogens is 437 g/mol. The van der Waals surface area contributed by atoms with Crippen LogP contribution in [-0.4, -0.2) is 20.9 Å². The van der Waals surface area contributed by atoms with Gasteiger partial charge in [-0.3, -0.25) is 4.79 Å². The van der Waals surface area contributed by atoms with Gasteiger partial charge in [-0.2, -0.15) is 4.98 Å². The van der Waals surface area contributed by atoms with Crippen molar-refractivity contribution in [2.75, 3.05) is 0 Å². The highest BCUT2D eigenvalue weighted by Crippen LogP contribution is 2.34. The molecule has 1 aromatic heterocycles. The fourth-order valence-electron chi connectivity index (χ4n) is 3.10. The molecule has 8 heteroatoms. The highest BCUT2D eigenvalue weighted by molar-refractivity contribution is 9.10. The molecule has 0 bridgehead atoms. The summed E-state index contributed by atoms with van der Waals surface area (Å²) in [6.45, 7) is 0.445. The number of hydrogen-bond donors (Lipinski definition) is 0. The molecule has 1 aliphatic heterocycles. The van der Waals surface area contributed by atoms with E-state index in [1.807, 2.05) is 12.1 Å². The third kappa shape index (κ3) is 3.75. The first-order valence-corrected chi connectivity index (χ1v) is 9.51. The molecule has 1 aliphatic rings. The molecule has 2 aromatic carbocycles. The maximum absolute atomic E-state index is 13.4. The van der Waals surface area contributed by atoms with Crippen LogP contribution in [0.1, 0.15) is 30.3 Å². The minimum atomic E-state index is -0.363. The maximum atomic E-state index is 13.4. The van der Waals surface area contributed by atoms with E-state index in [0.29, 0.717) is 46.2 Å². The van der Waals surface area contributed by atoms with E-state index in [4.69, 9.17) is 16.1 Å². The monoisotopic (exact) mass is 449 g/mol. The largest absolute Gasteiger partial charge is 0.337 e. The fourth-order valence-corrected chi connectivity index (χ4v) is 3.60. The lowest BCUT2D eigenvalue weighted by atomic mass is 10.1. The minimum Gasteiger partial charge on any atom is -0.337 e. The van der Waals surface area contributed by atoms with Gasteiger partial charge in [0, 0.05) is 23.6 Å². The SMILES string of the molecule is O=C1CCC(c2nc(-c3ccc(F)c(Br)c3)no2)N1Cc1ccc(Cl)cc1. The van der Waals surface area contributed by atoms with Crippen molar-refractivity contribution >= 4 is 33.4 Å². The molecule has 2 heterocycles. The van der Waals surface area contributed by atoms with Crippen LogP contribution in [0.15, 0.2) is 51.5 Å². The first-order valence-electron chi connectivity index (χ1n) is 8.34. The van der Waals surface area contributed by atoms with Crippen LogP contribution in [0.3, 0.4) is 0 Å². The Labute approximate surface area is 168 Å². The molecule has 3 aromatic rings. The molecule has 1 unspecified atom stereocenters. The van der Waals surface area contributed by atoms with Crippen LogP contribution >= 0.6 is 27.5 Å². The lowest BCUT2D eigenvalue weighted by molar-refractivity contribution is -0.129. The van der Waals surface area contributed by atoms with E-state index >= 15 is 0 Å². The van der Waals surface area contributed by atoms with Gasteiger partial charge < -0.3 is 9.42 Å². The molecule has 1 atom stereocenters. The lowest BCUT2D eigenvalue weighted by Gasteiger charge is -2.22. The van der Waals surface area contributed by atoms with Crippen molar-refractivity contribution in [1.82, 2.24) is 15.0 Å². The highest BCUT2D eigenvalue weighted by atomic mass is 79.9. The summed E-state index contributed by atoms with van der Waals surface area (Å²) in [5.74, 6) is 0.416. The molecule has 138 valence electrons. The molecule has 0 N–H and O–H groups in total. The third-order valence-electron chi connectivity index (χ3n) is 4.50. The van der Waals surface area contributed by atoms with Crippen LogP contribution in [0.5, 0.6) is 0 Å². The lowest BCUT2D eigenvalue weighted by Crippen LogP contribution is -2.27. The molecule has 0 radical (unpaired) electrons. The molecule has 1 amide bonds. The number of carbonyl (C=O) groups is 1. The van der Waals surface area contributed by atoms with Crippen LogP contribution < -0.4 is 0 Å². The fraction of sp³-hybridized carbons (Fsp3) is 0.211. The molecular formula is C19H14BrClFN3O2. The summed E-state index contributed by atoms with van der Waals surface area (Å²) < 4.78 is 19.2. The van der Waals surface area contributed by atoms with Gasteiger partial charge in [0.2, 0.25) is 17.6 Å². The zero-order chi connectivity index (χ0) is 19.0. The summed E-state index contributed by atoms with van der Waals surface area (Å²) in [5.41, 5.74) is 1.61. The number of benzene rings is 2. The van der Waals surface area contributed by atoms with Crippen LogP contribution in [0, 0.1) is 5.82 Å². The van der Waals surface area contributed by atoms with Crippen molar-refractivity contribution in [3.63, 3.8) is 0 Å². The topological polar surface area (TPSA) is 59.2 Å². The number of likely N-dealkylation sites (tertiary alicyclic amines) is 1. The zero-order valence-electron chi connectivity index (χ0n) is 14.0. The summed E-state index contributed by atoms with van der Waals surface area (Å²) in [4.78, 5) is 18.5. The summed E-state index contributed by atoms with van der Waals surface area (Å²) in [6, 6.07) is 11.6. The summed E-state index contributed by atoms with van der Waals surface area (Å²) in [6.07, 6.45) is 1.04. The van der Waals surface area contributed by atoms with Crippen LogP contribution in [0.2, 0.25) is 5.02 Å². The second-order valence-corrected chi connectivity index (χ2v) is 7.58. The number of aromatic nitrogens is 2. The summed E-state index contributed by atoms with van der Waals surface area (Å²) in [7, 11) is 0. The first-order chi connectivity index (χ1) is 13.0. The summed E-state index contributed by atoms with van der Waals surface area (Å²) >= 11 is 9.08. The van der Waals surface area contributed by atoms with Crippen LogP contribution in [0.4, 0.5) is 4.39 Å². The van der Waals surface area contributed by atoms with Crippen molar-refractivity contribution in [3.8, 4) is 11.4 Å². The van der Waals surface area contributed by atoms with Gasteiger partial charge in [0.1, 0.15) is 11.9 Å². The number of halogens is 3. The van der Waals surface area contributed by atoms with E-state index in [2.05, 4.69) is 26.1 Å². The highest BCUT2D eigenvalue weighted by Gasteiger charge is 2.36. The van der Waals surface area contributed by atoms with Gasteiger partial charge in [0.25, 0.3) is 0 Å². The minimum absolute atomic E-state index is 0.0410. The molecule has 0 saturated carbocycles. The van der Waals surface area contributed by atoms with E-state index in [-0.39, 0.29) is 17.8 Å². The van der Waals surface area contributed by atoms with Gasteiger partial charge in [-0.05, 0) is 58.2 Å². The molecule has 0 aliphatic carbocycles. The van der Waals surface area contributed by atoms with Gasteiger partial charge in [0.15, 0.2) is 0 Å². The predicted molar refractivity (Wildman–Crippen MR) is 101 cm³/mol. The average Bonchev–Trinajstić information content (AvgIpc) is 3.27. The quantitative estimate of drug-likeness (QED) is 0.551. The Morgan fingerprint density at radius 1 is 1.26 bits per heavy atom. The van der Waals surface area contributed by atoms with Crippen LogP contribution in [0.25, 0.3) is 11.4 Å². The van der Waals surface area contributed by atoms with Crippen molar-refractivity contribution in [3.05, 3.63) is 69.2 Å². The molecule has 1 saturated heterocycles. The Morgan fingerprint density at radius 2 is 2.04 bits per heavy atom. The van der Waals surface area contributed by atoms with Gasteiger partial charge in [-0.15, -0.1) is 0 Å². The zero-order valence-corrected chi connectivity index (χ0v) is 16.4. The number of nitrogens with zero attached hydrogens (tertiary/aromatic N) is 3. The van der Waals surface area contributed by atoms with E-state index in [1.165, 1.54) is 6.07 Å². The predicted octanol–water partition coefficient (Wildman–Crippen LogP) is 5.16. The van der Waals surface area contributed by atoms with E-state index in [1.54, 1.807) is 29.2 Å². The Balaban J connectivity index is 1.58. The van der Waals surface area contributed by atoms with Gasteiger partial charge in [-0.1, -0.05) is 28.9 Å². The molecule has 27 heavy (non-hydrogen) atoms. The first kappa shape index (κ1) is 18.1. The average molecular weight is 451 g/mol. The molecule has 4 rings (SSSR count). The molecule has 0 spiro atoms. The van der Waals surface area contributed by atoms with Crippen LogP contribution in [-0.2, 0) is 11.3 Å². The maximum Gasteiger partial charge on any atom is 0.249 e. The van der Waals surface area contributed by atoms with Crippen molar-refractivity contribution < 1.29 is 13.7 Å². The normalized spacial score (nSPS) is 16.9. The van der Waals surface area contributed by atoms with Crippen molar-refractivity contribution in [2.24, 2.45) is 0 Å². The Kier molecular flexibility index (Phi) is 4.97. The Morgan fingerprint density at radius 3 is 2.78 bits per heavy atom. The second-order valence-electron chi connectivity index (χ2n) is 6.29. The number of rotatable bonds is 4. The Hall–Kier alpha value is -2.25. The molecule has 5 nitrogen and oxygen atoms in total. The van der Waals surface area contributed by atoms with Gasteiger partial charge in [-0.25, -0.2) is 4.39 Å². The Bertz CT molecular complexity index is 993. The van der Waals surface area contributed by atoms with Gasteiger partial charge in [0.05, 0.1) is 4.47 Å². The van der Waals surface area contributed by atoms with E-state index in [0.717, 1.165) is 5.56 Å². The standard InChI is InChI=1S/C19H14BrClFN3O2/c20-14-9-12(3-6-15(14)22)18-23-19(27-24-18)16-7-8-17(26)25(16)10-11-1-4-13(21)5-2-11/h1-6,9,16H,7-8,10H2. The number of hydrogen-bond acceptors (Lipinski definition) is 4. The smallest absolute Gasteiger partial charge is 0.249 e. The summed E-state index contributed by atoms with van der Waals surface area (Å²) in [5, 5.41) is 4.64. The van der Waals surface area contributed by atoms with Gasteiger partial charge >= 0.3 is 0 Å².